The maximum absolute atomic E-state index is 12.4. The zero-order valence-electron chi connectivity index (χ0n) is 15.0. The van der Waals surface area contributed by atoms with E-state index in [9.17, 15) is 9.59 Å². The van der Waals surface area contributed by atoms with Crippen molar-refractivity contribution in [2.75, 3.05) is 17.7 Å². The summed E-state index contributed by atoms with van der Waals surface area (Å²) < 4.78 is 4.64. The van der Waals surface area contributed by atoms with Crippen LogP contribution in [0.1, 0.15) is 26.3 Å². The molecule has 0 spiro atoms. The van der Waals surface area contributed by atoms with E-state index in [1.54, 1.807) is 54.6 Å². The van der Waals surface area contributed by atoms with E-state index in [1.807, 2.05) is 6.07 Å². The fourth-order valence-electron chi connectivity index (χ4n) is 2.44. The molecule has 0 saturated heterocycles. The minimum absolute atomic E-state index is 0.331. The molecular formula is C21H16N4O3. The van der Waals surface area contributed by atoms with E-state index in [-0.39, 0.29) is 5.91 Å². The second kappa shape index (κ2) is 8.47. The largest absolute Gasteiger partial charge is 0.465 e. The second-order valence-electron chi connectivity index (χ2n) is 5.74. The average Bonchev–Trinajstić information content (AvgIpc) is 2.74. The molecule has 1 amide bonds. The number of nitrogens with zero attached hydrogens (tertiary/aromatic N) is 2. The van der Waals surface area contributed by atoms with Gasteiger partial charge < -0.3 is 15.4 Å². The first-order valence-electron chi connectivity index (χ1n) is 8.32. The van der Waals surface area contributed by atoms with Gasteiger partial charge in [-0.05, 0) is 48.5 Å². The van der Waals surface area contributed by atoms with Crippen molar-refractivity contribution in [3.63, 3.8) is 0 Å². The van der Waals surface area contributed by atoms with Gasteiger partial charge in [-0.1, -0.05) is 12.1 Å². The first-order chi connectivity index (χ1) is 13.6. The number of amides is 1. The summed E-state index contributed by atoms with van der Waals surface area (Å²) >= 11 is 0. The minimum Gasteiger partial charge on any atom is -0.465 e. The van der Waals surface area contributed by atoms with E-state index < -0.39 is 5.97 Å². The van der Waals surface area contributed by atoms with Gasteiger partial charge in [-0.15, -0.1) is 0 Å². The molecule has 3 aromatic rings. The first-order valence-corrected chi connectivity index (χ1v) is 8.32. The number of carbonyl (C=O) groups is 2. The number of anilines is 3. The van der Waals surface area contributed by atoms with Crippen molar-refractivity contribution in [3.05, 3.63) is 83.6 Å². The van der Waals surface area contributed by atoms with Crippen LogP contribution in [0, 0.1) is 11.3 Å². The SMILES string of the molecule is COC(=O)c1ccc(NC(=O)c2ccc(Nc3ccccc3C#N)nc2)cc1. The monoisotopic (exact) mass is 372 g/mol. The Bertz CT molecular complexity index is 1040. The number of benzene rings is 2. The lowest BCUT2D eigenvalue weighted by Crippen LogP contribution is -2.12. The van der Waals surface area contributed by atoms with E-state index in [4.69, 9.17) is 5.26 Å². The van der Waals surface area contributed by atoms with E-state index in [2.05, 4.69) is 26.4 Å². The average molecular weight is 372 g/mol. The Morgan fingerprint density at radius 1 is 1.00 bits per heavy atom. The molecule has 0 radical (unpaired) electrons. The molecule has 2 aromatic carbocycles. The number of methoxy groups -OCH3 is 1. The van der Waals surface area contributed by atoms with Crippen LogP contribution in [-0.4, -0.2) is 24.0 Å². The van der Waals surface area contributed by atoms with Crippen LogP contribution in [0.15, 0.2) is 66.9 Å². The summed E-state index contributed by atoms with van der Waals surface area (Å²) in [7, 11) is 1.31. The maximum Gasteiger partial charge on any atom is 0.337 e. The van der Waals surface area contributed by atoms with Crippen LogP contribution in [0.3, 0.4) is 0 Å². The molecule has 0 bridgehead atoms. The molecule has 7 heteroatoms. The molecule has 2 N–H and O–H groups in total. The van der Waals surface area contributed by atoms with Gasteiger partial charge in [0.1, 0.15) is 11.9 Å². The van der Waals surface area contributed by atoms with Crippen molar-refractivity contribution in [2.45, 2.75) is 0 Å². The Balaban J connectivity index is 1.67. The van der Waals surface area contributed by atoms with Gasteiger partial charge >= 0.3 is 5.97 Å². The molecule has 0 fully saturated rings. The molecule has 7 nitrogen and oxygen atoms in total. The van der Waals surface area contributed by atoms with Gasteiger partial charge in [0, 0.05) is 11.9 Å². The molecule has 0 aliphatic heterocycles. The highest BCUT2D eigenvalue weighted by Crippen LogP contribution is 2.19. The summed E-state index contributed by atoms with van der Waals surface area (Å²) in [5.41, 5.74) is 2.45. The van der Waals surface area contributed by atoms with Gasteiger partial charge in [0.15, 0.2) is 0 Å². The summed E-state index contributed by atoms with van der Waals surface area (Å²) in [5, 5.41) is 14.9. The predicted octanol–water partition coefficient (Wildman–Crippen LogP) is 3.74. The normalized spacial score (nSPS) is 9.86. The Morgan fingerprint density at radius 3 is 2.36 bits per heavy atom. The molecule has 1 heterocycles. The number of para-hydroxylation sites is 1. The highest BCUT2D eigenvalue weighted by Gasteiger charge is 2.09. The number of hydrogen-bond acceptors (Lipinski definition) is 6. The third-order valence-electron chi connectivity index (χ3n) is 3.90. The van der Waals surface area contributed by atoms with Crippen LogP contribution in [0.2, 0.25) is 0 Å². The van der Waals surface area contributed by atoms with E-state index in [0.717, 1.165) is 0 Å². The minimum atomic E-state index is -0.442. The van der Waals surface area contributed by atoms with Crippen LogP contribution >= 0.6 is 0 Å². The number of esters is 1. The smallest absolute Gasteiger partial charge is 0.337 e. The van der Waals surface area contributed by atoms with Crippen LogP contribution in [0.4, 0.5) is 17.2 Å². The number of ether oxygens (including phenoxy) is 1. The Kier molecular flexibility index (Phi) is 5.63. The number of hydrogen-bond donors (Lipinski definition) is 2. The summed E-state index contributed by atoms with van der Waals surface area (Å²) in [6.07, 6.45) is 1.44. The molecule has 28 heavy (non-hydrogen) atoms. The lowest BCUT2D eigenvalue weighted by Gasteiger charge is -2.09. The maximum atomic E-state index is 12.4. The van der Waals surface area contributed by atoms with Gasteiger partial charge in [-0.25, -0.2) is 9.78 Å². The van der Waals surface area contributed by atoms with Gasteiger partial charge in [0.05, 0.1) is 29.5 Å². The molecule has 138 valence electrons. The van der Waals surface area contributed by atoms with Crippen molar-refractivity contribution in [2.24, 2.45) is 0 Å². The highest BCUT2D eigenvalue weighted by molar-refractivity contribution is 6.04. The summed E-state index contributed by atoms with van der Waals surface area (Å²) in [4.78, 5) is 28.0. The number of pyridine rings is 1. The predicted molar refractivity (Wildman–Crippen MR) is 104 cm³/mol. The Hall–Kier alpha value is -4.18. The van der Waals surface area contributed by atoms with Crippen molar-refractivity contribution >= 4 is 29.1 Å². The first kappa shape index (κ1) is 18.6. The van der Waals surface area contributed by atoms with Crippen LogP contribution < -0.4 is 10.6 Å². The van der Waals surface area contributed by atoms with Crippen molar-refractivity contribution < 1.29 is 14.3 Å². The summed E-state index contributed by atoms with van der Waals surface area (Å²) in [6.45, 7) is 0. The van der Waals surface area contributed by atoms with Gasteiger partial charge in [0.25, 0.3) is 5.91 Å². The molecule has 0 aliphatic carbocycles. The zero-order chi connectivity index (χ0) is 19.9. The number of nitriles is 1. The van der Waals surface area contributed by atoms with Gasteiger partial charge in [-0.3, -0.25) is 4.79 Å². The third-order valence-corrected chi connectivity index (χ3v) is 3.90. The standard InChI is InChI=1S/C21H16N4O3/c1-28-21(27)14-6-9-17(10-7-14)24-20(26)16-8-11-19(23-13-16)25-18-5-3-2-4-15(18)12-22/h2-11,13H,1H3,(H,23,25)(H,24,26). The lowest BCUT2D eigenvalue weighted by molar-refractivity contribution is 0.0600. The third kappa shape index (κ3) is 4.31. The van der Waals surface area contributed by atoms with Crippen molar-refractivity contribution in [1.82, 2.24) is 4.98 Å². The number of rotatable bonds is 5. The summed E-state index contributed by atoms with van der Waals surface area (Å²) in [6, 6.07) is 18.8. The number of carbonyl (C=O) groups excluding carboxylic acids is 2. The van der Waals surface area contributed by atoms with Gasteiger partial charge in [-0.2, -0.15) is 5.26 Å². The van der Waals surface area contributed by atoms with Crippen LogP contribution in [0.25, 0.3) is 0 Å². The lowest BCUT2D eigenvalue weighted by atomic mass is 10.2. The molecule has 0 atom stereocenters. The van der Waals surface area contributed by atoms with Crippen molar-refractivity contribution in [3.8, 4) is 6.07 Å². The van der Waals surface area contributed by atoms with E-state index >= 15 is 0 Å². The molecular weight excluding hydrogens is 356 g/mol. The second-order valence-corrected chi connectivity index (χ2v) is 5.74. The zero-order valence-corrected chi connectivity index (χ0v) is 15.0. The molecule has 0 unspecified atom stereocenters. The van der Waals surface area contributed by atoms with Crippen LogP contribution in [0.5, 0.6) is 0 Å². The van der Waals surface area contributed by atoms with E-state index in [1.165, 1.54) is 13.3 Å². The van der Waals surface area contributed by atoms with Crippen LogP contribution in [-0.2, 0) is 4.74 Å². The Morgan fingerprint density at radius 2 is 1.71 bits per heavy atom. The molecule has 3 rings (SSSR count). The quantitative estimate of drug-likeness (QED) is 0.661. The highest BCUT2D eigenvalue weighted by atomic mass is 16.5. The van der Waals surface area contributed by atoms with Crippen molar-refractivity contribution in [1.29, 1.82) is 5.26 Å². The Labute approximate surface area is 161 Å². The topological polar surface area (TPSA) is 104 Å². The number of nitrogens with one attached hydrogen (secondary N) is 2. The molecule has 0 aliphatic rings. The number of aromatic nitrogens is 1. The van der Waals surface area contributed by atoms with Gasteiger partial charge in [0.2, 0.25) is 0 Å². The fourth-order valence-corrected chi connectivity index (χ4v) is 2.44. The molecule has 1 aromatic heterocycles. The fraction of sp³-hybridized carbons (Fsp3) is 0.0476. The summed E-state index contributed by atoms with van der Waals surface area (Å²) in [5.74, 6) is -0.257. The van der Waals surface area contributed by atoms with E-state index in [0.29, 0.717) is 33.9 Å². The molecule has 0 saturated carbocycles.